The van der Waals surface area contributed by atoms with Gasteiger partial charge in [-0.25, -0.2) is 0 Å². The van der Waals surface area contributed by atoms with Crippen LogP contribution in [0.5, 0.6) is 17.4 Å². The van der Waals surface area contributed by atoms with Crippen molar-refractivity contribution in [2.75, 3.05) is 14.2 Å². The molecule has 0 fully saturated rings. The van der Waals surface area contributed by atoms with Crippen LogP contribution < -0.4 is 9.47 Å². The molecule has 180 valence electrons. The van der Waals surface area contributed by atoms with Gasteiger partial charge in [0.1, 0.15) is 17.1 Å². The second kappa shape index (κ2) is 9.89. The van der Waals surface area contributed by atoms with E-state index < -0.39 is 5.97 Å². The van der Waals surface area contributed by atoms with E-state index in [1.54, 1.807) is 55.6 Å². The normalized spacial score (nSPS) is 10.9. The molecule has 0 atom stereocenters. The third-order valence-corrected chi connectivity index (χ3v) is 6.04. The Morgan fingerprint density at radius 2 is 1.74 bits per heavy atom. The van der Waals surface area contributed by atoms with Gasteiger partial charge in [0.15, 0.2) is 5.78 Å². The number of methoxy groups -OCH3 is 2. The molecule has 0 aliphatic carbocycles. The monoisotopic (exact) mass is 474 g/mol. The number of phenols is 1. The fraction of sp³-hybridized carbons (Fsp3) is 0.222. The van der Waals surface area contributed by atoms with Crippen LogP contribution in [-0.4, -0.2) is 45.7 Å². The summed E-state index contributed by atoms with van der Waals surface area (Å²) in [4.78, 5) is 29.0. The van der Waals surface area contributed by atoms with Crippen molar-refractivity contribution in [1.29, 1.82) is 0 Å². The van der Waals surface area contributed by atoms with Gasteiger partial charge in [-0.05, 0) is 55.3 Å². The van der Waals surface area contributed by atoms with E-state index in [4.69, 9.17) is 14.6 Å². The molecule has 2 N–H and O–H groups in total. The average molecular weight is 475 g/mol. The number of hydrogen-bond acceptors (Lipinski definition) is 6. The molecule has 0 spiro atoms. The maximum Gasteiger partial charge on any atom is 0.303 e. The number of hydrogen-bond donors (Lipinski definition) is 2. The summed E-state index contributed by atoms with van der Waals surface area (Å²) in [5.41, 5.74) is 3.67. The molecule has 8 nitrogen and oxygen atoms in total. The molecule has 0 saturated carbocycles. The van der Waals surface area contributed by atoms with Gasteiger partial charge in [-0.2, -0.15) is 4.98 Å². The lowest BCUT2D eigenvalue weighted by Crippen LogP contribution is -2.07. The Morgan fingerprint density at radius 1 is 1.00 bits per heavy atom. The summed E-state index contributed by atoms with van der Waals surface area (Å²) in [5.74, 6) is 0.0913. The van der Waals surface area contributed by atoms with Crippen LogP contribution >= 0.6 is 0 Å². The summed E-state index contributed by atoms with van der Waals surface area (Å²) in [5, 5.41) is 20.2. The third-order valence-electron chi connectivity index (χ3n) is 6.04. The Kier molecular flexibility index (Phi) is 6.73. The number of carbonyl (C=O) groups is 2. The molecule has 2 aromatic carbocycles. The zero-order chi connectivity index (χ0) is 25.1. The lowest BCUT2D eigenvalue weighted by Gasteiger charge is -2.11. The fourth-order valence-corrected chi connectivity index (χ4v) is 4.12. The molecule has 0 aliphatic rings. The molecule has 0 aliphatic heterocycles. The summed E-state index contributed by atoms with van der Waals surface area (Å²) in [6.45, 7) is 2.12. The van der Waals surface area contributed by atoms with Gasteiger partial charge >= 0.3 is 5.97 Å². The number of carboxylic acids is 1. The number of nitrogens with zero attached hydrogens (tertiary/aromatic N) is 2. The van der Waals surface area contributed by atoms with Crippen molar-refractivity contribution in [2.45, 2.75) is 26.3 Å². The van der Waals surface area contributed by atoms with Crippen LogP contribution in [0.25, 0.3) is 11.0 Å². The van der Waals surface area contributed by atoms with Crippen molar-refractivity contribution in [3.63, 3.8) is 0 Å². The van der Waals surface area contributed by atoms with Crippen LogP contribution in [0.15, 0.2) is 54.6 Å². The topological polar surface area (TPSA) is 111 Å². The van der Waals surface area contributed by atoms with Gasteiger partial charge in [-0.1, -0.05) is 12.1 Å². The number of aromatic nitrogens is 2. The van der Waals surface area contributed by atoms with Crippen LogP contribution in [0.4, 0.5) is 0 Å². The number of pyridine rings is 1. The summed E-state index contributed by atoms with van der Waals surface area (Å²) in [6, 6.07) is 15.6. The van der Waals surface area contributed by atoms with E-state index in [0.29, 0.717) is 51.5 Å². The standard InChI is InChI=1S/C27H26N2O6/c1-16-25(26(33)18-7-9-20(34-2)10-8-18)21-11-12-23(35-3)28-27(21)29(16)15-19-6-4-17(14-22(19)30)5-13-24(31)32/h4,6-12,14,30H,5,13,15H2,1-3H3,(H,31,32). The van der Waals surface area contributed by atoms with Gasteiger partial charge in [0, 0.05) is 34.7 Å². The second-order valence-electron chi connectivity index (χ2n) is 8.19. The quantitative estimate of drug-likeness (QED) is 0.347. The number of ether oxygens (including phenoxy) is 2. The van der Waals surface area contributed by atoms with Gasteiger partial charge in [0.05, 0.1) is 26.3 Å². The van der Waals surface area contributed by atoms with Gasteiger partial charge in [-0.15, -0.1) is 0 Å². The van der Waals surface area contributed by atoms with Gasteiger partial charge in [-0.3, -0.25) is 9.59 Å². The highest BCUT2D eigenvalue weighted by Crippen LogP contribution is 2.31. The molecule has 0 bridgehead atoms. The number of fused-ring (bicyclic) bond motifs is 1. The first-order valence-corrected chi connectivity index (χ1v) is 11.1. The van der Waals surface area contributed by atoms with E-state index in [2.05, 4.69) is 4.98 Å². The van der Waals surface area contributed by atoms with E-state index in [-0.39, 0.29) is 24.5 Å². The van der Waals surface area contributed by atoms with Crippen molar-refractivity contribution in [3.8, 4) is 17.4 Å². The number of carboxylic acid groups (broad SMARTS) is 1. The predicted molar refractivity (Wildman–Crippen MR) is 131 cm³/mol. The second-order valence-corrected chi connectivity index (χ2v) is 8.19. The maximum absolute atomic E-state index is 13.5. The van der Waals surface area contributed by atoms with Crippen LogP contribution in [0.1, 0.15) is 39.2 Å². The smallest absolute Gasteiger partial charge is 0.303 e. The molecule has 0 radical (unpaired) electrons. The van der Waals surface area contributed by atoms with Crippen molar-refractivity contribution in [1.82, 2.24) is 9.55 Å². The molecular weight excluding hydrogens is 448 g/mol. The van der Waals surface area contributed by atoms with Crippen LogP contribution in [0.3, 0.4) is 0 Å². The number of aliphatic carboxylic acids is 1. The zero-order valence-electron chi connectivity index (χ0n) is 19.7. The Morgan fingerprint density at radius 3 is 2.37 bits per heavy atom. The maximum atomic E-state index is 13.5. The first kappa shape index (κ1) is 23.8. The van der Waals surface area contributed by atoms with Crippen molar-refractivity contribution in [3.05, 3.63) is 82.5 Å². The molecule has 2 heterocycles. The molecule has 4 aromatic rings. The lowest BCUT2D eigenvalue weighted by molar-refractivity contribution is -0.136. The summed E-state index contributed by atoms with van der Waals surface area (Å²) >= 11 is 0. The van der Waals surface area contributed by atoms with Crippen LogP contribution in [0, 0.1) is 6.92 Å². The summed E-state index contributed by atoms with van der Waals surface area (Å²) in [6.07, 6.45) is 0.314. The minimum Gasteiger partial charge on any atom is -0.508 e. The minimum absolute atomic E-state index is 0.0132. The molecule has 0 saturated heterocycles. The summed E-state index contributed by atoms with van der Waals surface area (Å²) in [7, 11) is 3.10. The zero-order valence-corrected chi connectivity index (χ0v) is 19.7. The lowest BCUT2D eigenvalue weighted by atomic mass is 10.0. The molecular formula is C27H26N2O6. The van der Waals surface area contributed by atoms with Crippen LogP contribution in [0.2, 0.25) is 0 Å². The highest BCUT2D eigenvalue weighted by atomic mass is 16.5. The summed E-state index contributed by atoms with van der Waals surface area (Å²) < 4.78 is 12.4. The fourth-order valence-electron chi connectivity index (χ4n) is 4.12. The van der Waals surface area contributed by atoms with Crippen molar-refractivity contribution >= 4 is 22.8 Å². The predicted octanol–water partition coefficient (Wildman–Crippen LogP) is 4.36. The van der Waals surface area contributed by atoms with Crippen molar-refractivity contribution < 1.29 is 29.3 Å². The number of aromatic hydroxyl groups is 1. The molecule has 2 aromatic heterocycles. The number of carbonyl (C=O) groups excluding carboxylic acids is 1. The third kappa shape index (κ3) is 4.82. The number of phenolic OH excluding ortho intramolecular Hbond substituents is 1. The molecule has 0 unspecified atom stereocenters. The largest absolute Gasteiger partial charge is 0.508 e. The van der Waals surface area contributed by atoms with Crippen LogP contribution in [-0.2, 0) is 17.8 Å². The Bertz CT molecular complexity index is 1410. The molecule has 35 heavy (non-hydrogen) atoms. The van der Waals surface area contributed by atoms with E-state index in [0.717, 1.165) is 5.56 Å². The highest BCUT2D eigenvalue weighted by molar-refractivity contribution is 6.17. The first-order valence-electron chi connectivity index (χ1n) is 11.1. The van der Waals surface area contributed by atoms with E-state index in [1.807, 2.05) is 17.6 Å². The highest BCUT2D eigenvalue weighted by Gasteiger charge is 2.23. The van der Waals surface area contributed by atoms with E-state index in [9.17, 15) is 14.7 Å². The Hall–Kier alpha value is -4.33. The van der Waals surface area contributed by atoms with E-state index >= 15 is 0 Å². The van der Waals surface area contributed by atoms with Gasteiger partial charge in [0.2, 0.25) is 5.88 Å². The van der Waals surface area contributed by atoms with E-state index in [1.165, 1.54) is 7.11 Å². The van der Waals surface area contributed by atoms with Crippen molar-refractivity contribution in [2.24, 2.45) is 0 Å². The minimum atomic E-state index is -0.892. The molecule has 8 heteroatoms. The molecule has 0 amide bonds. The average Bonchev–Trinajstić information content (AvgIpc) is 3.13. The Labute approximate surface area is 202 Å². The first-order chi connectivity index (χ1) is 16.8. The van der Waals surface area contributed by atoms with Gasteiger partial charge < -0.3 is 24.3 Å². The van der Waals surface area contributed by atoms with Gasteiger partial charge in [0.25, 0.3) is 0 Å². The number of ketones is 1. The molecule has 4 rings (SSSR count). The SMILES string of the molecule is COc1ccc(C(=O)c2c(C)n(Cc3ccc(CCC(=O)O)cc3O)c3nc(OC)ccc23)cc1. The number of aryl methyl sites for hydroxylation is 1. The number of benzene rings is 2. The Balaban J connectivity index is 1.77. The number of rotatable bonds is 9.